The maximum absolute atomic E-state index is 13.1. The fourth-order valence-corrected chi connectivity index (χ4v) is 6.05. The zero-order chi connectivity index (χ0) is 24.0. The Balaban J connectivity index is 1.29. The lowest BCUT2D eigenvalue weighted by Crippen LogP contribution is -2.54. The number of amides is 3. The number of ether oxygens (including phenoxy) is 1. The van der Waals surface area contributed by atoms with E-state index in [1.165, 1.54) is 5.56 Å². The SMILES string of the molecule is CCOC(=O)c1ccc(NC(=O)N2CCC3(CC2)SCCN3C(=O)CCc2ccccc2)cc1. The number of likely N-dealkylation sites (tertiary alicyclic amines) is 1. The van der Waals surface area contributed by atoms with Crippen molar-refractivity contribution >= 4 is 35.4 Å². The molecule has 2 aromatic rings. The second-order valence-electron chi connectivity index (χ2n) is 8.54. The van der Waals surface area contributed by atoms with Crippen LogP contribution in [-0.2, 0) is 16.0 Å². The molecule has 34 heavy (non-hydrogen) atoms. The molecule has 1 spiro atoms. The van der Waals surface area contributed by atoms with E-state index in [0.29, 0.717) is 37.4 Å². The monoisotopic (exact) mass is 481 g/mol. The van der Waals surface area contributed by atoms with Crippen LogP contribution in [0, 0.1) is 0 Å². The summed E-state index contributed by atoms with van der Waals surface area (Å²) in [4.78, 5) is 41.3. The van der Waals surface area contributed by atoms with Crippen LogP contribution in [0.15, 0.2) is 54.6 Å². The number of esters is 1. The smallest absolute Gasteiger partial charge is 0.338 e. The van der Waals surface area contributed by atoms with Gasteiger partial charge in [0.25, 0.3) is 0 Å². The van der Waals surface area contributed by atoms with Crippen molar-refractivity contribution in [3.05, 3.63) is 65.7 Å². The Morgan fingerprint density at radius 1 is 1.00 bits per heavy atom. The van der Waals surface area contributed by atoms with Gasteiger partial charge < -0.3 is 19.9 Å². The number of urea groups is 1. The van der Waals surface area contributed by atoms with E-state index in [9.17, 15) is 14.4 Å². The molecular formula is C26H31N3O4S. The average Bonchev–Trinajstić information content (AvgIpc) is 3.27. The van der Waals surface area contributed by atoms with Gasteiger partial charge in [-0.15, -0.1) is 11.8 Å². The maximum Gasteiger partial charge on any atom is 0.338 e. The molecular weight excluding hydrogens is 450 g/mol. The molecule has 0 aromatic heterocycles. The second kappa shape index (κ2) is 11.0. The van der Waals surface area contributed by atoms with Gasteiger partial charge in [-0.3, -0.25) is 4.79 Å². The fraction of sp³-hybridized carbons (Fsp3) is 0.423. The predicted octanol–water partition coefficient (Wildman–Crippen LogP) is 4.40. The molecule has 2 saturated heterocycles. The summed E-state index contributed by atoms with van der Waals surface area (Å²) >= 11 is 1.85. The Morgan fingerprint density at radius 3 is 2.38 bits per heavy atom. The number of thioether (sulfide) groups is 1. The molecule has 7 nitrogen and oxygen atoms in total. The van der Waals surface area contributed by atoms with E-state index >= 15 is 0 Å². The third kappa shape index (κ3) is 5.55. The molecule has 0 bridgehead atoms. The molecule has 0 atom stereocenters. The summed E-state index contributed by atoms with van der Waals surface area (Å²) in [5.41, 5.74) is 2.26. The molecule has 0 radical (unpaired) electrons. The third-order valence-corrected chi connectivity index (χ3v) is 7.98. The molecule has 8 heteroatoms. The van der Waals surface area contributed by atoms with Crippen LogP contribution in [0.25, 0.3) is 0 Å². The third-order valence-electron chi connectivity index (χ3n) is 6.43. The quantitative estimate of drug-likeness (QED) is 0.619. The number of carbonyl (C=O) groups is 3. The molecule has 2 fully saturated rings. The fourth-order valence-electron chi connectivity index (χ4n) is 4.57. The zero-order valence-electron chi connectivity index (χ0n) is 19.5. The lowest BCUT2D eigenvalue weighted by molar-refractivity contribution is -0.134. The van der Waals surface area contributed by atoms with Gasteiger partial charge in [0.1, 0.15) is 0 Å². The predicted molar refractivity (Wildman–Crippen MR) is 134 cm³/mol. The van der Waals surface area contributed by atoms with E-state index < -0.39 is 0 Å². The van der Waals surface area contributed by atoms with Crippen LogP contribution in [0.2, 0.25) is 0 Å². The number of nitrogens with zero attached hydrogens (tertiary/aromatic N) is 2. The molecule has 0 saturated carbocycles. The first kappa shape index (κ1) is 24.1. The summed E-state index contributed by atoms with van der Waals surface area (Å²) in [6.45, 7) is 4.06. The number of benzene rings is 2. The summed E-state index contributed by atoms with van der Waals surface area (Å²) in [6.07, 6.45) is 2.80. The standard InChI is InChI=1S/C26H31N3O4S/c1-2-33-24(31)21-9-11-22(12-10-21)27-25(32)28-16-14-26(15-17-28)29(18-19-34-26)23(30)13-8-20-6-4-3-5-7-20/h3-7,9-12H,2,8,13-19H2,1H3,(H,27,32). The zero-order valence-corrected chi connectivity index (χ0v) is 20.3. The molecule has 2 heterocycles. The first-order valence-electron chi connectivity index (χ1n) is 11.8. The van der Waals surface area contributed by atoms with Gasteiger partial charge in [-0.1, -0.05) is 30.3 Å². The van der Waals surface area contributed by atoms with Crippen molar-refractivity contribution in [2.45, 2.75) is 37.5 Å². The maximum atomic E-state index is 13.1. The van der Waals surface area contributed by atoms with Crippen LogP contribution >= 0.6 is 11.8 Å². The van der Waals surface area contributed by atoms with Gasteiger partial charge in [-0.05, 0) is 56.0 Å². The van der Waals surface area contributed by atoms with Crippen molar-refractivity contribution in [2.75, 3.05) is 37.3 Å². The van der Waals surface area contributed by atoms with Crippen molar-refractivity contribution in [1.29, 1.82) is 0 Å². The number of nitrogens with one attached hydrogen (secondary N) is 1. The van der Waals surface area contributed by atoms with Gasteiger partial charge in [-0.25, -0.2) is 9.59 Å². The van der Waals surface area contributed by atoms with Crippen molar-refractivity contribution in [3.8, 4) is 0 Å². The van der Waals surface area contributed by atoms with Crippen LogP contribution in [0.4, 0.5) is 10.5 Å². The van der Waals surface area contributed by atoms with Gasteiger partial charge in [0, 0.05) is 37.5 Å². The van der Waals surface area contributed by atoms with Gasteiger partial charge in [0.05, 0.1) is 17.0 Å². The number of carbonyl (C=O) groups excluding carboxylic acids is 3. The summed E-state index contributed by atoms with van der Waals surface area (Å²) in [5.74, 6) is 0.767. The number of rotatable bonds is 6. The van der Waals surface area contributed by atoms with Crippen LogP contribution in [0.5, 0.6) is 0 Å². The molecule has 180 valence electrons. The highest BCUT2D eigenvalue weighted by molar-refractivity contribution is 8.00. The van der Waals surface area contributed by atoms with Crippen molar-refractivity contribution < 1.29 is 19.1 Å². The minimum Gasteiger partial charge on any atom is -0.462 e. The average molecular weight is 482 g/mol. The normalized spacial score (nSPS) is 17.0. The first-order valence-corrected chi connectivity index (χ1v) is 12.8. The Hall–Kier alpha value is -3.00. The molecule has 0 unspecified atom stereocenters. The highest BCUT2D eigenvalue weighted by atomic mass is 32.2. The molecule has 2 aliphatic rings. The summed E-state index contributed by atoms with van der Waals surface area (Å²) < 4.78 is 4.99. The van der Waals surface area contributed by atoms with E-state index in [-0.39, 0.29) is 22.8 Å². The van der Waals surface area contributed by atoms with E-state index in [0.717, 1.165) is 31.6 Å². The Labute approximate surface area is 204 Å². The highest BCUT2D eigenvalue weighted by Crippen LogP contribution is 2.44. The number of hydrogen-bond donors (Lipinski definition) is 1. The summed E-state index contributed by atoms with van der Waals surface area (Å²) in [6, 6.07) is 16.6. The Bertz CT molecular complexity index is 1000. The molecule has 1 N–H and O–H groups in total. The Morgan fingerprint density at radius 2 is 1.71 bits per heavy atom. The number of hydrogen-bond acceptors (Lipinski definition) is 5. The van der Waals surface area contributed by atoms with Crippen LogP contribution < -0.4 is 5.32 Å². The van der Waals surface area contributed by atoms with E-state index in [1.807, 2.05) is 30.0 Å². The van der Waals surface area contributed by atoms with Gasteiger partial charge in [0.15, 0.2) is 0 Å². The second-order valence-corrected chi connectivity index (χ2v) is 10.00. The van der Waals surface area contributed by atoms with E-state index in [1.54, 1.807) is 36.1 Å². The summed E-state index contributed by atoms with van der Waals surface area (Å²) in [7, 11) is 0. The van der Waals surface area contributed by atoms with Crippen molar-refractivity contribution in [2.24, 2.45) is 0 Å². The Kier molecular flexibility index (Phi) is 7.77. The van der Waals surface area contributed by atoms with Crippen molar-refractivity contribution in [3.63, 3.8) is 0 Å². The van der Waals surface area contributed by atoms with Crippen LogP contribution in [-0.4, -0.2) is 64.6 Å². The molecule has 0 aliphatic carbocycles. The van der Waals surface area contributed by atoms with Gasteiger partial charge in [-0.2, -0.15) is 0 Å². The minimum atomic E-state index is -0.376. The number of piperidine rings is 1. The first-order chi connectivity index (χ1) is 16.5. The minimum absolute atomic E-state index is 0.163. The van der Waals surface area contributed by atoms with E-state index in [2.05, 4.69) is 22.3 Å². The number of anilines is 1. The molecule has 4 rings (SSSR count). The van der Waals surface area contributed by atoms with Crippen LogP contribution in [0.3, 0.4) is 0 Å². The van der Waals surface area contributed by atoms with Crippen LogP contribution in [0.1, 0.15) is 42.1 Å². The molecule has 2 aliphatic heterocycles. The van der Waals surface area contributed by atoms with Gasteiger partial charge >= 0.3 is 12.0 Å². The largest absolute Gasteiger partial charge is 0.462 e. The number of aryl methyl sites for hydroxylation is 1. The summed E-state index contributed by atoms with van der Waals surface area (Å²) in [5, 5.41) is 2.91. The van der Waals surface area contributed by atoms with Gasteiger partial charge in [0.2, 0.25) is 5.91 Å². The highest BCUT2D eigenvalue weighted by Gasteiger charge is 2.46. The molecule has 3 amide bonds. The lowest BCUT2D eigenvalue weighted by atomic mass is 10.0. The van der Waals surface area contributed by atoms with Crippen molar-refractivity contribution in [1.82, 2.24) is 9.80 Å². The lowest BCUT2D eigenvalue weighted by Gasteiger charge is -2.44. The molecule has 2 aromatic carbocycles. The van der Waals surface area contributed by atoms with E-state index in [4.69, 9.17) is 4.74 Å². The topological polar surface area (TPSA) is 79.0 Å².